The van der Waals surface area contributed by atoms with Crippen molar-refractivity contribution in [1.82, 2.24) is 0 Å². The molecule has 0 atom stereocenters. The lowest BCUT2D eigenvalue weighted by Crippen LogP contribution is -1.97. The Balaban J connectivity index is 0.000000921. The number of hydrogen-bond acceptors (Lipinski definition) is 2. The fourth-order valence-electron chi connectivity index (χ4n) is 1.42. The molecular weight excluding hydrogens is 265 g/mol. The molecule has 0 unspecified atom stereocenters. The molecule has 0 fully saturated rings. The van der Waals surface area contributed by atoms with Gasteiger partial charge in [0.2, 0.25) is 0 Å². The summed E-state index contributed by atoms with van der Waals surface area (Å²) >= 11 is 0. The van der Waals surface area contributed by atoms with Crippen LogP contribution in [0.4, 0.5) is 4.39 Å². The Morgan fingerprint density at radius 3 is 2.24 bits per heavy atom. The Morgan fingerprint density at radius 1 is 1.10 bits per heavy atom. The molecule has 3 heteroatoms. The quantitative estimate of drug-likeness (QED) is 0.734. The molecule has 0 aliphatic rings. The highest BCUT2D eigenvalue weighted by Gasteiger charge is 2.04. The Hall–Kier alpha value is -2.60. The van der Waals surface area contributed by atoms with E-state index in [0.717, 1.165) is 5.56 Å². The summed E-state index contributed by atoms with van der Waals surface area (Å²) in [6.07, 6.45) is 0. The van der Waals surface area contributed by atoms with E-state index in [9.17, 15) is 4.39 Å². The summed E-state index contributed by atoms with van der Waals surface area (Å²) in [5, 5.41) is 8.60. The van der Waals surface area contributed by atoms with Crippen LogP contribution in [0.1, 0.15) is 25.0 Å². The molecule has 2 aromatic carbocycles. The molecule has 0 saturated carbocycles. The van der Waals surface area contributed by atoms with E-state index < -0.39 is 5.82 Å². The molecule has 0 radical (unpaired) electrons. The van der Waals surface area contributed by atoms with Gasteiger partial charge in [-0.1, -0.05) is 44.2 Å². The number of halogens is 1. The second-order valence-electron chi connectivity index (χ2n) is 3.53. The maximum absolute atomic E-state index is 13.5. The van der Waals surface area contributed by atoms with Crippen molar-refractivity contribution in [3.05, 3.63) is 78.6 Å². The largest absolute Gasteiger partial charge is 0.486 e. The summed E-state index contributed by atoms with van der Waals surface area (Å²) in [4.78, 5) is 0. The highest BCUT2D eigenvalue weighted by Crippen LogP contribution is 2.19. The molecule has 0 N–H and O–H groups in total. The number of ether oxygens (including phenoxy) is 1. The highest BCUT2D eigenvalue weighted by atomic mass is 19.1. The average molecular weight is 285 g/mol. The van der Waals surface area contributed by atoms with E-state index in [1.807, 2.05) is 50.2 Å². The second kappa shape index (κ2) is 11.2. The van der Waals surface area contributed by atoms with Crippen LogP contribution in [0.5, 0.6) is 5.75 Å². The van der Waals surface area contributed by atoms with Gasteiger partial charge in [0.15, 0.2) is 11.6 Å². The minimum absolute atomic E-state index is 0.160. The molecule has 0 heterocycles. The van der Waals surface area contributed by atoms with Crippen molar-refractivity contribution in [2.24, 2.45) is 0 Å². The molecule has 110 valence electrons. The molecule has 0 spiro atoms. The van der Waals surface area contributed by atoms with Gasteiger partial charge in [-0.3, -0.25) is 0 Å². The van der Waals surface area contributed by atoms with Crippen LogP contribution in [0.3, 0.4) is 0 Å². The predicted octanol–water partition coefficient (Wildman–Crippen LogP) is 5.10. The van der Waals surface area contributed by atoms with Crippen LogP contribution in [0, 0.1) is 17.1 Å². The number of nitrogens with zero attached hydrogens (tertiary/aromatic N) is 1. The SMILES string of the molecule is C=C.CC.N#Cc1ccc(OCc2ccccc2)c(F)c1. The van der Waals surface area contributed by atoms with Crippen molar-refractivity contribution < 1.29 is 9.13 Å². The van der Waals surface area contributed by atoms with Crippen molar-refractivity contribution in [2.45, 2.75) is 20.5 Å². The normalized spacial score (nSPS) is 8.29. The van der Waals surface area contributed by atoms with Gasteiger partial charge in [0.05, 0.1) is 11.6 Å². The Bertz CT molecular complexity index is 561. The standard InChI is InChI=1S/C14H10FNO.C2H6.C2H4/c15-13-8-12(9-16)6-7-14(13)17-10-11-4-2-1-3-5-11;2*1-2/h1-8H,10H2;1-2H3;1-2H2. The number of rotatable bonds is 3. The predicted molar refractivity (Wildman–Crippen MR) is 84.5 cm³/mol. The summed E-state index contributed by atoms with van der Waals surface area (Å²) in [5.41, 5.74) is 1.26. The Kier molecular flexibility index (Phi) is 9.85. The van der Waals surface area contributed by atoms with E-state index in [0.29, 0.717) is 6.61 Å². The van der Waals surface area contributed by atoms with Crippen LogP contribution in [-0.4, -0.2) is 0 Å². The third-order valence-corrected chi connectivity index (χ3v) is 2.30. The van der Waals surface area contributed by atoms with Crippen LogP contribution >= 0.6 is 0 Å². The van der Waals surface area contributed by atoms with Crippen molar-refractivity contribution in [1.29, 1.82) is 5.26 Å². The first kappa shape index (κ1) is 18.4. The fourth-order valence-corrected chi connectivity index (χ4v) is 1.42. The van der Waals surface area contributed by atoms with E-state index >= 15 is 0 Å². The van der Waals surface area contributed by atoms with Gasteiger partial charge in [-0.2, -0.15) is 5.26 Å². The summed E-state index contributed by atoms with van der Waals surface area (Å²) in [7, 11) is 0. The average Bonchev–Trinajstić information content (AvgIpc) is 2.58. The van der Waals surface area contributed by atoms with Crippen LogP contribution in [-0.2, 0) is 6.61 Å². The molecule has 2 aromatic rings. The van der Waals surface area contributed by atoms with Gasteiger partial charge in [-0.25, -0.2) is 4.39 Å². The fraction of sp³-hybridized carbons (Fsp3) is 0.167. The topological polar surface area (TPSA) is 33.0 Å². The first-order valence-electron chi connectivity index (χ1n) is 6.66. The van der Waals surface area contributed by atoms with Crippen molar-refractivity contribution in [2.75, 3.05) is 0 Å². The van der Waals surface area contributed by atoms with E-state index in [2.05, 4.69) is 13.2 Å². The van der Waals surface area contributed by atoms with Gasteiger partial charge in [-0.05, 0) is 23.8 Å². The zero-order valence-electron chi connectivity index (χ0n) is 12.5. The number of benzene rings is 2. The molecule has 2 nitrogen and oxygen atoms in total. The maximum Gasteiger partial charge on any atom is 0.166 e. The van der Waals surface area contributed by atoms with Crippen LogP contribution in [0.15, 0.2) is 61.7 Å². The van der Waals surface area contributed by atoms with Gasteiger partial charge in [-0.15, -0.1) is 13.2 Å². The first-order chi connectivity index (χ1) is 10.3. The zero-order chi connectivity index (χ0) is 16.1. The number of nitriles is 1. The van der Waals surface area contributed by atoms with Gasteiger partial charge in [0.1, 0.15) is 6.61 Å². The van der Waals surface area contributed by atoms with Gasteiger partial charge in [0, 0.05) is 0 Å². The van der Waals surface area contributed by atoms with Crippen molar-refractivity contribution >= 4 is 0 Å². The molecule has 0 bridgehead atoms. The molecule has 0 saturated heterocycles. The van der Waals surface area contributed by atoms with E-state index in [4.69, 9.17) is 10.00 Å². The molecule has 21 heavy (non-hydrogen) atoms. The van der Waals surface area contributed by atoms with E-state index in [-0.39, 0.29) is 11.3 Å². The van der Waals surface area contributed by atoms with E-state index in [1.54, 1.807) is 0 Å². The lowest BCUT2D eigenvalue weighted by molar-refractivity contribution is 0.290. The van der Waals surface area contributed by atoms with Crippen LogP contribution in [0.2, 0.25) is 0 Å². The van der Waals surface area contributed by atoms with Gasteiger partial charge < -0.3 is 4.74 Å². The van der Waals surface area contributed by atoms with Crippen LogP contribution in [0.25, 0.3) is 0 Å². The third-order valence-electron chi connectivity index (χ3n) is 2.30. The monoisotopic (exact) mass is 285 g/mol. The smallest absolute Gasteiger partial charge is 0.166 e. The van der Waals surface area contributed by atoms with Crippen molar-refractivity contribution in [3.63, 3.8) is 0 Å². The van der Waals surface area contributed by atoms with E-state index in [1.165, 1.54) is 18.2 Å². The number of hydrogen-bond donors (Lipinski definition) is 0. The summed E-state index contributed by atoms with van der Waals surface area (Å²) in [5.74, 6) is -0.354. The van der Waals surface area contributed by atoms with Gasteiger partial charge in [0.25, 0.3) is 0 Å². The summed E-state index contributed by atoms with van der Waals surface area (Å²) < 4.78 is 18.8. The Morgan fingerprint density at radius 2 is 1.71 bits per heavy atom. The first-order valence-corrected chi connectivity index (χ1v) is 6.66. The molecule has 0 aliphatic carbocycles. The zero-order valence-corrected chi connectivity index (χ0v) is 12.5. The molecule has 0 aromatic heterocycles. The van der Waals surface area contributed by atoms with Crippen molar-refractivity contribution in [3.8, 4) is 11.8 Å². The summed E-state index contributed by atoms with van der Waals surface area (Å²) in [6.45, 7) is 10.3. The molecule has 2 rings (SSSR count). The minimum atomic E-state index is -0.514. The third kappa shape index (κ3) is 6.40. The lowest BCUT2D eigenvalue weighted by atomic mass is 10.2. The molecule has 0 aliphatic heterocycles. The van der Waals surface area contributed by atoms with Crippen LogP contribution < -0.4 is 4.74 Å². The Labute approximate surface area is 126 Å². The summed E-state index contributed by atoms with van der Waals surface area (Å²) in [6, 6.07) is 15.6. The minimum Gasteiger partial charge on any atom is -0.486 e. The molecule has 0 amide bonds. The second-order valence-corrected chi connectivity index (χ2v) is 3.53. The maximum atomic E-state index is 13.5. The molecular formula is C18H20FNO. The lowest BCUT2D eigenvalue weighted by Gasteiger charge is -2.07. The van der Waals surface area contributed by atoms with Gasteiger partial charge >= 0.3 is 0 Å². The highest BCUT2D eigenvalue weighted by molar-refractivity contribution is 5.36.